The Bertz CT molecular complexity index is 426. The fourth-order valence-electron chi connectivity index (χ4n) is 1.48. The van der Waals surface area contributed by atoms with Crippen LogP contribution in [0.3, 0.4) is 0 Å². The van der Waals surface area contributed by atoms with Crippen LogP contribution in [-0.2, 0) is 4.74 Å². The average Bonchev–Trinajstić information content (AvgIpc) is 2.35. The first-order valence-corrected chi connectivity index (χ1v) is 5.62. The van der Waals surface area contributed by atoms with Gasteiger partial charge < -0.3 is 14.6 Å². The summed E-state index contributed by atoms with van der Waals surface area (Å²) >= 11 is 0. The van der Waals surface area contributed by atoms with Crippen molar-refractivity contribution in [2.45, 2.75) is 24.6 Å². The molecule has 1 aromatic rings. The molecule has 0 heterocycles. The minimum Gasteiger partial charge on any atom is -0.497 e. The Morgan fingerprint density at radius 2 is 1.48 bits per heavy atom. The molecule has 9 heteroatoms. The SMILES string of the molecule is COc1ccc(C(O)COC(C(F)(F)F)C(F)(F)F)cc1. The van der Waals surface area contributed by atoms with Crippen molar-refractivity contribution < 1.29 is 40.9 Å². The zero-order valence-electron chi connectivity index (χ0n) is 10.7. The molecule has 120 valence electrons. The summed E-state index contributed by atoms with van der Waals surface area (Å²) in [7, 11) is 1.38. The third-order valence-electron chi connectivity index (χ3n) is 2.52. The number of halogens is 6. The van der Waals surface area contributed by atoms with Gasteiger partial charge in [0.1, 0.15) is 11.9 Å². The van der Waals surface area contributed by atoms with Gasteiger partial charge in [0.15, 0.2) is 0 Å². The molecule has 0 radical (unpaired) electrons. The summed E-state index contributed by atoms with van der Waals surface area (Å²) in [6.07, 6.45) is -16.8. The highest BCUT2D eigenvalue weighted by molar-refractivity contribution is 5.28. The van der Waals surface area contributed by atoms with E-state index in [1.165, 1.54) is 31.4 Å². The van der Waals surface area contributed by atoms with Gasteiger partial charge >= 0.3 is 12.4 Å². The molecule has 0 aliphatic carbocycles. The van der Waals surface area contributed by atoms with Gasteiger partial charge in [-0.05, 0) is 17.7 Å². The zero-order valence-corrected chi connectivity index (χ0v) is 10.7. The number of rotatable bonds is 5. The third kappa shape index (κ3) is 5.09. The number of aliphatic hydroxyl groups excluding tert-OH is 1. The monoisotopic (exact) mass is 318 g/mol. The van der Waals surface area contributed by atoms with Crippen molar-refractivity contribution >= 4 is 0 Å². The lowest BCUT2D eigenvalue weighted by molar-refractivity contribution is -0.324. The summed E-state index contributed by atoms with van der Waals surface area (Å²) in [5.74, 6) is 0.426. The summed E-state index contributed by atoms with van der Waals surface area (Å²) in [4.78, 5) is 0. The van der Waals surface area contributed by atoms with E-state index in [0.717, 1.165) is 0 Å². The predicted octanol–water partition coefficient (Wildman–Crippen LogP) is 3.24. The Morgan fingerprint density at radius 3 is 1.86 bits per heavy atom. The fraction of sp³-hybridized carbons (Fsp3) is 0.500. The van der Waals surface area contributed by atoms with E-state index in [4.69, 9.17) is 4.74 Å². The van der Waals surface area contributed by atoms with Gasteiger partial charge in [-0.2, -0.15) is 26.3 Å². The topological polar surface area (TPSA) is 38.7 Å². The molecule has 0 aliphatic rings. The van der Waals surface area contributed by atoms with E-state index in [1.54, 1.807) is 0 Å². The van der Waals surface area contributed by atoms with Crippen molar-refractivity contribution in [1.29, 1.82) is 0 Å². The second-order valence-corrected chi connectivity index (χ2v) is 4.09. The molecule has 0 aromatic heterocycles. The van der Waals surface area contributed by atoms with Gasteiger partial charge in [0.05, 0.1) is 13.7 Å². The quantitative estimate of drug-likeness (QED) is 0.847. The van der Waals surface area contributed by atoms with Gasteiger partial charge in [-0.1, -0.05) is 12.1 Å². The van der Waals surface area contributed by atoms with Crippen molar-refractivity contribution in [2.24, 2.45) is 0 Å². The van der Waals surface area contributed by atoms with Crippen LogP contribution in [0, 0.1) is 0 Å². The van der Waals surface area contributed by atoms with E-state index in [1.807, 2.05) is 0 Å². The minimum atomic E-state index is -5.60. The van der Waals surface area contributed by atoms with Crippen molar-refractivity contribution in [1.82, 2.24) is 0 Å². The van der Waals surface area contributed by atoms with Crippen molar-refractivity contribution in [3.05, 3.63) is 29.8 Å². The van der Waals surface area contributed by atoms with E-state index in [0.29, 0.717) is 5.75 Å². The number of alkyl halides is 6. The maximum atomic E-state index is 12.2. The van der Waals surface area contributed by atoms with Gasteiger partial charge in [-0.15, -0.1) is 0 Å². The lowest BCUT2D eigenvalue weighted by Gasteiger charge is -2.24. The highest BCUT2D eigenvalue weighted by Gasteiger charge is 2.58. The van der Waals surface area contributed by atoms with Crippen LogP contribution in [0.4, 0.5) is 26.3 Å². The van der Waals surface area contributed by atoms with Crippen LogP contribution in [0.2, 0.25) is 0 Å². The Kier molecular flexibility index (Phi) is 5.46. The molecule has 0 saturated heterocycles. The number of aliphatic hydroxyl groups is 1. The minimum absolute atomic E-state index is 0.110. The molecule has 1 atom stereocenters. The molecule has 1 N–H and O–H groups in total. The maximum Gasteiger partial charge on any atom is 0.423 e. The number of ether oxygens (including phenoxy) is 2. The zero-order chi connectivity index (χ0) is 16.3. The highest BCUT2D eigenvalue weighted by atomic mass is 19.4. The normalized spacial score (nSPS) is 14.3. The Morgan fingerprint density at radius 1 is 1.00 bits per heavy atom. The van der Waals surface area contributed by atoms with Crippen LogP contribution in [0.5, 0.6) is 5.75 Å². The summed E-state index contributed by atoms with van der Waals surface area (Å²) in [6, 6.07) is 5.43. The van der Waals surface area contributed by atoms with Crippen molar-refractivity contribution in [3.8, 4) is 5.75 Å². The van der Waals surface area contributed by atoms with Gasteiger partial charge in [0.25, 0.3) is 0 Å². The predicted molar refractivity (Wildman–Crippen MR) is 59.8 cm³/mol. The van der Waals surface area contributed by atoms with Gasteiger partial charge in [-0.25, -0.2) is 0 Å². The molecule has 0 amide bonds. The second-order valence-electron chi connectivity index (χ2n) is 4.09. The largest absolute Gasteiger partial charge is 0.497 e. The van der Waals surface area contributed by atoms with Crippen LogP contribution < -0.4 is 4.74 Å². The highest BCUT2D eigenvalue weighted by Crippen LogP contribution is 2.36. The van der Waals surface area contributed by atoms with Gasteiger partial charge in [0, 0.05) is 0 Å². The second kappa shape index (κ2) is 6.52. The van der Waals surface area contributed by atoms with Gasteiger partial charge in [0.2, 0.25) is 6.10 Å². The van der Waals surface area contributed by atoms with Gasteiger partial charge in [-0.3, -0.25) is 0 Å². The molecule has 0 saturated carbocycles. The molecule has 0 fully saturated rings. The molecule has 0 bridgehead atoms. The molecule has 1 aromatic carbocycles. The van der Waals surface area contributed by atoms with E-state index < -0.39 is 31.2 Å². The van der Waals surface area contributed by atoms with E-state index >= 15 is 0 Å². The van der Waals surface area contributed by atoms with E-state index in [9.17, 15) is 31.4 Å². The smallest absolute Gasteiger partial charge is 0.423 e. The molecular formula is C12H12F6O3. The molecule has 3 nitrogen and oxygen atoms in total. The van der Waals surface area contributed by atoms with E-state index in [-0.39, 0.29) is 5.56 Å². The maximum absolute atomic E-state index is 12.2. The lowest BCUT2D eigenvalue weighted by atomic mass is 10.1. The molecule has 0 spiro atoms. The molecule has 1 unspecified atom stereocenters. The van der Waals surface area contributed by atoms with Crippen molar-refractivity contribution in [2.75, 3.05) is 13.7 Å². The van der Waals surface area contributed by atoms with Crippen LogP contribution in [-0.4, -0.2) is 37.3 Å². The Hall–Kier alpha value is -1.48. The van der Waals surface area contributed by atoms with E-state index in [2.05, 4.69) is 4.74 Å². The lowest BCUT2D eigenvalue weighted by Crippen LogP contribution is -2.45. The first-order chi connectivity index (χ1) is 9.55. The summed E-state index contributed by atoms with van der Waals surface area (Å²) < 4.78 is 82.0. The van der Waals surface area contributed by atoms with Crippen molar-refractivity contribution in [3.63, 3.8) is 0 Å². The first-order valence-electron chi connectivity index (χ1n) is 5.62. The summed E-state index contributed by atoms with van der Waals surface area (Å²) in [5, 5.41) is 9.56. The molecule has 1 rings (SSSR count). The number of methoxy groups -OCH3 is 1. The summed E-state index contributed by atoms with van der Waals surface area (Å²) in [6.45, 7) is -1.14. The Labute approximate surface area is 116 Å². The van der Waals surface area contributed by atoms with Crippen LogP contribution in [0.1, 0.15) is 11.7 Å². The Balaban J connectivity index is 2.71. The molecular weight excluding hydrogens is 306 g/mol. The summed E-state index contributed by atoms with van der Waals surface area (Å²) in [5.41, 5.74) is 0.110. The van der Waals surface area contributed by atoms with Crippen LogP contribution >= 0.6 is 0 Å². The van der Waals surface area contributed by atoms with Crippen LogP contribution in [0.15, 0.2) is 24.3 Å². The molecule has 0 aliphatic heterocycles. The first kappa shape index (κ1) is 17.6. The third-order valence-corrected chi connectivity index (χ3v) is 2.52. The average molecular weight is 318 g/mol. The molecule has 21 heavy (non-hydrogen) atoms. The number of benzene rings is 1. The standard InChI is InChI=1S/C12H12F6O3/c1-20-8-4-2-7(3-5-8)9(19)6-21-10(11(13,14)15)12(16,17)18/h2-5,9-10,19H,6H2,1H3. The van der Waals surface area contributed by atoms with Crippen LogP contribution in [0.25, 0.3) is 0 Å². The number of hydrogen-bond acceptors (Lipinski definition) is 3. The fourth-order valence-corrected chi connectivity index (χ4v) is 1.48. The number of hydrogen-bond donors (Lipinski definition) is 1.